The molecule has 0 bridgehead atoms. The Balaban J connectivity index is 1.98. The minimum atomic E-state index is -0.602. The number of carbonyl (C=O) groups is 1. The van der Waals surface area contributed by atoms with Crippen LogP contribution in [0.25, 0.3) is 0 Å². The summed E-state index contributed by atoms with van der Waals surface area (Å²) in [6, 6.07) is 9.01. The zero-order chi connectivity index (χ0) is 15.0. The van der Waals surface area contributed by atoms with Crippen LogP contribution < -0.4 is 4.57 Å². The van der Waals surface area contributed by atoms with Crippen molar-refractivity contribution in [1.82, 2.24) is 10.0 Å². The highest BCUT2D eigenvalue weighted by Crippen LogP contribution is 2.25. The van der Waals surface area contributed by atoms with Crippen LogP contribution in [0.2, 0.25) is 5.15 Å². The van der Waals surface area contributed by atoms with Crippen LogP contribution in [0.4, 0.5) is 0 Å². The number of aromatic nitrogens is 2. The van der Waals surface area contributed by atoms with Gasteiger partial charge in [-0.2, -0.15) is 4.57 Å². The predicted molar refractivity (Wildman–Crippen MR) is 84.4 cm³/mol. The van der Waals surface area contributed by atoms with Crippen molar-refractivity contribution in [2.24, 2.45) is 0 Å². The topological polar surface area (TPSA) is 57.3 Å². The van der Waals surface area contributed by atoms with E-state index in [-0.39, 0.29) is 11.9 Å². The quantitative estimate of drug-likeness (QED) is 0.269. The van der Waals surface area contributed by atoms with Crippen molar-refractivity contribution in [1.29, 1.82) is 0 Å². The van der Waals surface area contributed by atoms with Gasteiger partial charge in [-0.3, -0.25) is 4.79 Å². The van der Waals surface area contributed by atoms with E-state index in [1.165, 1.54) is 0 Å². The van der Waals surface area contributed by atoms with Crippen LogP contribution in [-0.4, -0.2) is 25.1 Å². The normalized spacial score (nSPS) is 22.1. The van der Waals surface area contributed by atoms with Gasteiger partial charge in [0.05, 0.1) is 6.42 Å². The van der Waals surface area contributed by atoms with Crippen LogP contribution in [0, 0.1) is 0 Å². The van der Waals surface area contributed by atoms with Gasteiger partial charge >= 0.3 is 0 Å². The molecule has 2 atom stereocenters. The predicted octanol–water partition coefficient (Wildman–Crippen LogP) is 2.41. The van der Waals surface area contributed by atoms with Gasteiger partial charge in [0.2, 0.25) is 6.17 Å². The number of Topliss-reactive ketones (excluding diaryl/α,β-unsaturated/α-hetero) is 1. The van der Waals surface area contributed by atoms with Crippen molar-refractivity contribution in [2.45, 2.75) is 16.6 Å². The van der Waals surface area contributed by atoms with Crippen molar-refractivity contribution >= 4 is 40.0 Å². The maximum Gasteiger partial charge on any atom is 0.256 e. The van der Waals surface area contributed by atoms with Crippen LogP contribution in [0.3, 0.4) is 0 Å². The van der Waals surface area contributed by atoms with Crippen molar-refractivity contribution in [3.63, 3.8) is 0 Å². The summed E-state index contributed by atoms with van der Waals surface area (Å²) in [7, 11) is 0. The summed E-state index contributed by atoms with van der Waals surface area (Å²) in [4.78, 5) is 16.3. The van der Waals surface area contributed by atoms with Gasteiger partial charge in [0.15, 0.2) is 10.2 Å². The highest BCUT2D eigenvalue weighted by Gasteiger charge is 2.44. The van der Waals surface area contributed by atoms with Crippen molar-refractivity contribution < 1.29 is 14.6 Å². The summed E-state index contributed by atoms with van der Waals surface area (Å²) in [5, 5.41) is 11.8. The SMILES string of the molecule is O=C1c2cccc[n+]2C(Cc2ccc(Cl)nc2)N(O)C1I. The molecule has 2 aromatic heterocycles. The molecule has 2 unspecified atom stereocenters. The minimum Gasteiger partial charge on any atom is -0.307 e. The first-order chi connectivity index (χ1) is 10.1. The van der Waals surface area contributed by atoms with Gasteiger partial charge in [-0.15, -0.1) is 5.06 Å². The van der Waals surface area contributed by atoms with Crippen molar-refractivity contribution in [3.05, 3.63) is 59.1 Å². The number of nitrogens with zero attached hydrogens (tertiary/aromatic N) is 3. The lowest BCUT2D eigenvalue weighted by Gasteiger charge is -2.29. The fourth-order valence-electron chi connectivity index (χ4n) is 2.38. The van der Waals surface area contributed by atoms with Crippen molar-refractivity contribution in [2.75, 3.05) is 0 Å². The molecule has 0 saturated carbocycles. The number of hydrogen-bond donors (Lipinski definition) is 1. The Hall–Kier alpha value is -1.09. The highest BCUT2D eigenvalue weighted by atomic mass is 127. The molecule has 1 aliphatic rings. The molecule has 7 heteroatoms. The van der Waals surface area contributed by atoms with E-state index in [9.17, 15) is 10.0 Å². The van der Waals surface area contributed by atoms with E-state index in [0.29, 0.717) is 17.3 Å². The molecule has 1 N–H and O–H groups in total. The van der Waals surface area contributed by atoms with Crippen molar-refractivity contribution in [3.8, 4) is 0 Å². The van der Waals surface area contributed by atoms with Crippen LogP contribution >= 0.6 is 34.2 Å². The third-order valence-corrected chi connectivity index (χ3v) is 4.78. The molecule has 21 heavy (non-hydrogen) atoms. The molecular formula is C14H12ClIN3O2+. The average molecular weight is 417 g/mol. The number of hydrogen-bond acceptors (Lipinski definition) is 4. The maximum absolute atomic E-state index is 12.2. The number of carbonyl (C=O) groups excluding carboxylic acids is 1. The third kappa shape index (κ3) is 2.80. The van der Waals surface area contributed by atoms with Gasteiger partial charge in [-0.1, -0.05) is 40.3 Å². The fourth-order valence-corrected chi connectivity index (χ4v) is 3.18. The molecule has 0 spiro atoms. The van der Waals surface area contributed by atoms with Gasteiger partial charge in [0, 0.05) is 18.3 Å². The number of rotatable bonds is 2. The molecule has 2 aromatic rings. The zero-order valence-electron chi connectivity index (χ0n) is 10.9. The molecule has 5 nitrogen and oxygen atoms in total. The van der Waals surface area contributed by atoms with E-state index in [2.05, 4.69) is 4.98 Å². The fraction of sp³-hybridized carbons (Fsp3) is 0.214. The first kappa shape index (κ1) is 14.8. The van der Waals surface area contributed by atoms with E-state index < -0.39 is 4.05 Å². The van der Waals surface area contributed by atoms with E-state index in [0.717, 1.165) is 10.6 Å². The second-order valence-corrected chi connectivity index (χ2v) is 6.31. The largest absolute Gasteiger partial charge is 0.307 e. The van der Waals surface area contributed by atoms with E-state index in [4.69, 9.17) is 11.6 Å². The van der Waals surface area contributed by atoms with Crippen LogP contribution in [-0.2, 0) is 6.42 Å². The standard InChI is InChI=1S/C14H12ClIN3O2/c15-11-5-4-9(8-17-11)7-12-18-6-2-1-3-10(18)13(20)14(16)19(12)21/h1-6,8,12,14,21H,7H2/q+1. The molecule has 3 rings (SSSR count). The molecule has 3 heterocycles. The van der Waals surface area contributed by atoms with Crippen LogP contribution in [0.1, 0.15) is 22.2 Å². The molecule has 0 fully saturated rings. The average Bonchev–Trinajstić information content (AvgIpc) is 2.51. The van der Waals surface area contributed by atoms with Gasteiger partial charge < -0.3 is 5.21 Å². The van der Waals surface area contributed by atoms with Crippen LogP contribution in [0.15, 0.2) is 42.7 Å². The minimum absolute atomic E-state index is 0.107. The molecule has 0 radical (unpaired) electrons. The van der Waals surface area contributed by atoms with E-state index in [1.807, 2.05) is 40.8 Å². The molecular weight excluding hydrogens is 405 g/mol. The van der Waals surface area contributed by atoms with Gasteiger partial charge in [-0.25, -0.2) is 4.98 Å². The first-order valence-corrected chi connectivity index (χ1v) is 7.96. The van der Waals surface area contributed by atoms with Gasteiger partial charge in [0.25, 0.3) is 11.5 Å². The number of alkyl halides is 1. The zero-order valence-corrected chi connectivity index (χ0v) is 13.8. The molecule has 0 saturated heterocycles. The lowest BCUT2D eigenvalue weighted by Crippen LogP contribution is -2.61. The molecule has 0 aromatic carbocycles. The Morgan fingerprint density at radius 3 is 2.90 bits per heavy atom. The third-order valence-electron chi connectivity index (χ3n) is 3.42. The summed E-state index contributed by atoms with van der Waals surface area (Å²) < 4.78 is 1.18. The molecule has 1 aliphatic heterocycles. The number of halogens is 2. The first-order valence-electron chi connectivity index (χ1n) is 6.34. The molecule has 108 valence electrons. The second kappa shape index (κ2) is 5.96. The molecule has 0 aliphatic carbocycles. The van der Waals surface area contributed by atoms with Crippen LogP contribution in [0.5, 0.6) is 0 Å². The Morgan fingerprint density at radius 1 is 1.38 bits per heavy atom. The van der Waals surface area contributed by atoms with E-state index >= 15 is 0 Å². The molecule has 0 amide bonds. The van der Waals surface area contributed by atoms with Gasteiger partial charge in [-0.05, 0) is 17.7 Å². The number of ketones is 1. The summed E-state index contributed by atoms with van der Waals surface area (Å²) >= 11 is 7.73. The summed E-state index contributed by atoms with van der Waals surface area (Å²) in [5.41, 5.74) is 1.53. The lowest BCUT2D eigenvalue weighted by molar-refractivity contribution is -0.761. The Bertz CT molecular complexity index is 680. The second-order valence-electron chi connectivity index (χ2n) is 4.75. The Labute approximate surface area is 140 Å². The number of fused-ring (bicyclic) bond motifs is 1. The number of pyridine rings is 2. The summed E-state index contributed by atoms with van der Waals surface area (Å²) in [5.74, 6) is -0.107. The summed E-state index contributed by atoms with van der Waals surface area (Å²) in [6.07, 6.45) is 3.64. The summed E-state index contributed by atoms with van der Waals surface area (Å²) in [6.45, 7) is 0. The van der Waals surface area contributed by atoms with Gasteiger partial charge in [0.1, 0.15) is 5.15 Å². The Kier molecular flexibility index (Phi) is 4.21. The monoisotopic (exact) mass is 416 g/mol. The van der Waals surface area contributed by atoms with E-state index in [1.54, 1.807) is 29.1 Å². The smallest absolute Gasteiger partial charge is 0.256 e. The number of hydroxylamine groups is 2. The lowest BCUT2D eigenvalue weighted by atomic mass is 10.1. The highest BCUT2D eigenvalue weighted by molar-refractivity contribution is 14.1. The Morgan fingerprint density at radius 2 is 2.19 bits per heavy atom. The maximum atomic E-state index is 12.2.